The summed E-state index contributed by atoms with van der Waals surface area (Å²) in [4.78, 5) is 11.9. The Morgan fingerprint density at radius 2 is 1.90 bits per heavy atom. The standard InChI is InChI=1S/C16H24N2O2/c1-16(10-3-2-4-11-16)18-15(19)9-12-20-14-7-5-13(17)6-8-14/h5-8H,2-4,9-12,17H2,1H3,(H,18,19). The van der Waals surface area contributed by atoms with E-state index in [4.69, 9.17) is 10.5 Å². The number of carbonyl (C=O) groups is 1. The first kappa shape index (κ1) is 14.7. The van der Waals surface area contributed by atoms with Gasteiger partial charge >= 0.3 is 0 Å². The molecule has 0 spiro atoms. The molecule has 0 unspecified atom stereocenters. The van der Waals surface area contributed by atoms with Crippen LogP contribution in [0.3, 0.4) is 0 Å². The van der Waals surface area contributed by atoms with Gasteiger partial charge in [0.15, 0.2) is 0 Å². The summed E-state index contributed by atoms with van der Waals surface area (Å²) in [6.07, 6.45) is 6.25. The van der Waals surface area contributed by atoms with Crippen LogP contribution in [0.25, 0.3) is 0 Å². The van der Waals surface area contributed by atoms with E-state index in [0.29, 0.717) is 18.7 Å². The second-order valence-electron chi connectivity index (χ2n) is 5.84. The van der Waals surface area contributed by atoms with Gasteiger partial charge in [-0.3, -0.25) is 4.79 Å². The van der Waals surface area contributed by atoms with E-state index in [0.717, 1.165) is 18.6 Å². The van der Waals surface area contributed by atoms with Crippen LogP contribution in [0.2, 0.25) is 0 Å². The molecule has 110 valence electrons. The van der Waals surface area contributed by atoms with E-state index >= 15 is 0 Å². The number of anilines is 1. The zero-order valence-corrected chi connectivity index (χ0v) is 12.2. The van der Waals surface area contributed by atoms with Crippen LogP contribution in [-0.2, 0) is 4.79 Å². The molecule has 4 heteroatoms. The molecule has 1 saturated carbocycles. The summed E-state index contributed by atoms with van der Waals surface area (Å²) in [5.74, 6) is 0.820. The molecular formula is C16H24N2O2. The molecule has 1 aromatic carbocycles. The van der Waals surface area contributed by atoms with Crippen molar-refractivity contribution >= 4 is 11.6 Å². The fraction of sp³-hybridized carbons (Fsp3) is 0.562. The van der Waals surface area contributed by atoms with Crippen molar-refractivity contribution in [2.45, 2.75) is 51.0 Å². The van der Waals surface area contributed by atoms with Crippen LogP contribution in [-0.4, -0.2) is 18.1 Å². The highest BCUT2D eigenvalue weighted by Crippen LogP contribution is 2.27. The number of carbonyl (C=O) groups excluding carboxylic acids is 1. The Morgan fingerprint density at radius 1 is 1.25 bits per heavy atom. The molecule has 4 nitrogen and oxygen atoms in total. The predicted molar refractivity (Wildman–Crippen MR) is 80.6 cm³/mol. The average Bonchev–Trinajstić information content (AvgIpc) is 2.41. The maximum Gasteiger partial charge on any atom is 0.223 e. The Hall–Kier alpha value is -1.71. The Balaban J connectivity index is 1.71. The number of nitrogens with one attached hydrogen (secondary N) is 1. The largest absolute Gasteiger partial charge is 0.493 e. The van der Waals surface area contributed by atoms with Crippen molar-refractivity contribution in [1.29, 1.82) is 0 Å². The van der Waals surface area contributed by atoms with Gasteiger partial charge in [-0.25, -0.2) is 0 Å². The number of ether oxygens (including phenoxy) is 1. The van der Waals surface area contributed by atoms with Gasteiger partial charge in [0.05, 0.1) is 13.0 Å². The third-order valence-corrected chi connectivity index (χ3v) is 3.88. The Kier molecular flexibility index (Phi) is 4.88. The van der Waals surface area contributed by atoms with Gasteiger partial charge in [-0.05, 0) is 44.0 Å². The molecule has 0 aliphatic heterocycles. The van der Waals surface area contributed by atoms with Crippen LogP contribution >= 0.6 is 0 Å². The average molecular weight is 276 g/mol. The molecule has 20 heavy (non-hydrogen) atoms. The van der Waals surface area contributed by atoms with Crippen LogP contribution in [0.4, 0.5) is 5.69 Å². The molecule has 0 radical (unpaired) electrons. The summed E-state index contributed by atoms with van der Waals surface area (Å²) in [7, 11) is 0. The third kappa shape index (κ3) is 4.44. The highest BCUT2D eigenvalue weighted by Gasteiger charge is 2.27. The van der Waals surface area contributed by atoms with E-state index in [1.165, 1.54) is 19.3 Å². The van der Waals surface area contributed by atoms with Crippen molar-refractivity contribution < 1.29 is 9.53 Å². The normalized spacial score (nSPS) is 17.4. The Labute approximate surface area is 120 Å². The molecule has 0 atom stereocenters. The lowest BCUT2D eigenvalue weighted by Gasteiger charge is -2.34. The highest BCUT2D eigenvalue weighted by molar-refractivity contribution is 5.76. The first-order chi connectivity index (χ1) is 9.57. The molecule has 1 amide bonds. The van der Waals surface area contributed by atoms with Crippen molar-refractivity contribution in [2.24, 2.45) is 0 Å². The van der Waals surface area contributed by atoms with Gasteiger partial charge in [-0.15, -0.1) is 0 Å². The first-order valence-electron chi connectivity index (χ1n) is 7.37. The molecular weight excluding hydrogens is 252 g/mol. The van der Waals surface area contributed by atoms with Crippen LogP contribution in [0.1, 0.15) is 45.4 Å². The van der Waals surface area contributed by atoms with Gasteiger partial charge in [-0.1, -0.05) is 19.3 Å². The number of amides is 1. The zero-order valence-electron chi connectivity index (χ0n) is 12.2. The summed E-state index contributed by atoms with van der Waals surface area (Å²) in [5.41, 5.74) is 6.29. The van der Waals surface area contributed by atoms with Crippen LogP contribution in [0.15, 0.2) is 24.3 Å². The molecule has 0 saturated heterocycles. The van der Waals surface area contributed by atoms with Gasteiger partial charge in [0, 0.05) is 11.2 Å². The van der Waals surface area contributed by atoms with Crippen molar-refractivity contribution in [1.82, 2.24) is 5.32 Å². The number of nitrogens with two attached hydrogens (primary N) is 1. The minimum absolute atomic E-state index is 0.0173. The van der Waals surface area contributed by atoms with Gasteiger partial charge in [-0.2, -0.15) is 0 Å². The molecule has 1 aromatic rings. The van der Waals surface area contributed by atoms with E-state index in [2.05, 4.69) is 12.2 Å². The zero-order chi connectivity index (χ0) is 14.4. The quantitative estimate of drug-likeness (QED) is 0.813. The minimum Gasteiger partial charge on any atom is -0.493 e. The summed E-state index contributed by atoms with van der Waals surface area (Å²) in [5, 5.41) is 3.15. The topological polar surface area (TPSA) is 64.3 Å². The maximum absolute atomic E-state index is 11.9. The second-order valence-corrected chi connectivity index (χ2v) is 5.84. The Bertz CT molecular complexity index is 436. The van der Waals surface area contributed by atoms with Crippen molar-refractivity contribution in [3.05, 3.63) is 24.3 Å². The molecule has 0 bridgehead atoms. The summed E-state index contributed by atoms with van der Waals surface area (Å²) in [6, 6.07) is 7.21. The summed E-state index contributed by atoms with van der Waals surface area (Å²) in [6.45, 7) is 2.54. The smallest absolute Gasteiger partial charge is 0.223 e. The van der Waals surface area contributed by atoms with Crippen LogP contribution < -0.4 is 15.8 Å². The highest BCUT2D eigenvalue weighted by atomic mass is 16.5. The third-order valence-electron chi connectivity index (χ3n) is 3.88. The lowest BCUT2D eigenvalue weighted by atomic mass is 9.83. The fourth-order valence-electron chi connectivity index (χ4n) is 2.68. The molecule has 1 aliphatic rings. The van der Waals surface area contributed by atoms with Crippen molar-refractivity contribution in [2.75, 3.05) is 12.3 Å². The van der Waals surface area contributed by atoms with Gasteiger partial charge in [0.25, 0.3) is 0 Å². The van der Waals surface area contributed by atoms with E-state index in [1.807, 2.05) is 12.1 Å². The molecule has 1 aliphatic carbocycles. The molecule has 0 heterocycles. The second kappa shape index (κ2) is 6.64. The molecule has 3 N–H and O–H groups in total. The van der Waals surface area contributed by atoms with E-state index in [1.54, 1.807) is 12.1 Å². The number of rotatable bonds is 5. The van der Waals surface area contributed by atoms with Gasteiger partial charge in [0.1, 0.15) is 5.75 Å². The number of benzene rings is 1. The predicted octanol–water partition coefficient (Wildman–Crippen LogP) is 2.88. The van der Waals surface area contributed by atoms with Crippen LogP contribution in [0, 0.1) is 0 Å². The lowest BCUT2D eigenvalue weighted by molar-refractivity contribution is -0.123. The Morgan fingerprint density at radius 3 is 2.55 bits per heavy atom. The number of hydrogen-bond donors (Lipinski definition) is 2. The van der Waals surface area contributed by atoms with Crippen molar-refractivity contribution in [3.8, 4) is 5.75 Å². The SMILES string of the molecule is CC1(NC(=O)CCOc2ccc(N)cc2)CCCCC1. The molecule has 0 aromatic heterocycles. The van der Waals surface area contributed by atoms with E-state index in [9.17, 15) is 4.79 Å². The lowest BCUT2D eigenvalue weighted by Crippen LogP contribution is -2.47. The minimum atomic E-state index is -0.0173. The summed E-state index contributed by atoms with van der Waals surface area (Å²) >= 11 is 0. The van der Waals surface area contributed by atoms with Crippen molar-refractivity contribution in [3.63, 3.8) is 0 Å². The molecule has 1 fully saturated rings. The fourth-order valence-corrected chi connectivity index (χ4v) is 2.68. The van der Waals surface area contributed by atoms with E-state index < -0.39 is 0 Å². The number of nitrogen functional groups attached to an aromatic ring is 1. The maximum atomic E-state index is 11.9. The monoisotopic (exact) mass is 276 g/mol. The van der Waals surface area contributed by atoms with Gasteiger partial charge in [0.2, 0.25) is 5.91 Å². The van der Waals surface area contributed by atoms with E-state index in [-0.39, 0.29) is 11.4 Å². The molecule has 2 rings (SSSR count). The van der Waals surface area contributed by atoms with Crippen LogP contribution in [0.5, 0.6) is 5.75 Å². The first-order valence-corrected chi connectivity index (χ1v) is 7.37. The van der Waals surface area contributed by atoms with Gasteiger partial charge < -0.3 is 15.8 Å². The number of hydrogen-bond acceptors (Lipinski definition) is 3. The summed E-state index contributed by atoms with van der Waals surface area (Å²) < 4.78 is 5.54.